The summed E-state index contributed by atoms with van der Waals surface area (Å²) in [5.41, 5.74) is 0. The minimum absolute atomic E-state index is 0.0643. The van der Waals surface area contributed by atoms with Gasteiger partial charge in [0, 0.05) is 26.1 Å². The highest BCUT2D eigenvalue weighted by Gasteiger charge is 2.41. The monoisotopic (exact) mass is 258 g/mol. The first-order valence-corrected chi connectivity index (χ1v) is 6.13. The number of aliphatic hydroxyl groups excluding tert-OH is 2. The van der Waals surface area contributed by atoms with Crippen LogP contribution in [0.1, 0.15) is 19.3 Å². The molecule has 7 nitrogen and oxygen atoms in total. The van der Waals surface area contributed by atoms with E-state index in [1.54, 1.807) is 4.90 Å². The second-order valence-corrected chi connectivity index (χ2v) is 4.90. The lowest BCUT2D eigenvalue weighted by atomic mass is 10.1. The van der Waals surface area contributed by atoms with Crippen LogP contribution in [0.5, 0.6) is 0 Å². The molecular formula is C11H18N2O5. The standard InChI is InChI=1S/C11H18N2O5/c14-7-1-3-12(4-2-7)11(18)13-6-8(15)5-9(13)10(16)17/h7-9,14-15H,1-6H2,(H,16,17)/t8-,9-/m0/s1. The molecule has 0 aliphatic carbocycles. The number of carbonyl (C=O) groups is 2. The molecule has 0 unspecified atom stereocenters. The zero-order valence-electron chi connectivity index (χ0n) is 10.0. The van der Waals surface area contributed by atoms with Crippen LogP contribution in [0.4, 0.5) is 4.79 Å². The van der Waals surface area contributed by atoms with E-state index in [2.05, 4.69) is 0 Å². The van der Waals surface area contributed by atoms with Gasteiger partial charge < -0.3 is 25.1 Å². The summed E-state index contributed by atoms with van der Waals surface area (Å²) < 4.78 is 0. The highest BCUT2D eigenvalue weighted by atomic mass is 16.4. The van der Waals surface area contributed by atoms with E-state index in [1.807, 2.05) is 0 Å². The molecule has 7 heteroatoms. The van der Waals surface area contributed by atoms with E-state index in [4.69, 9.17) is 5.11 Å². The summed E-state index contributed by atoms with van der Waals surface area (Å²) in [5.74, 6) is -1.09. The SMILES string of the molecule is O=C(O)[C@@H]1C[C@H](O)CN1C(=O)N1CCC(O)CC1. The van der Waals surface area contributed by atoms with Gasteiger partial charge in [0.1, 0.15) is 6.04 Å². The van der Waals surface area contributed by atoms with E-state index in [-0.39, 0.29) is 25.1 Å². The number of hydrogen-bond acceptors (Lipinski definition) is 4. The third kappa shape index (κ3) is 2.56. The Morgan fingerprint density at radius 1 is 1.06 bits per heavy atom. The topological polar surface area (TPSA) is 101 Å². The molecule has 3 N–H and O–H groups in total. The number of β-amino-alcohol motifs (C(OH)–C–C–N with tert-alkyl or cyclic N) is 1. The molecule has 2 aliphatic rings. The quantitative estimate of drug-likeness (QED) is 0.565. The normalized spacial score (nSPS) is 29.7. The van der Waals surface area contributed by atoms with Crippen molar-refractivity contribution in [2.45, 2.75) is 37.5 Å². The third-order valence-electron chi connectivity index (χ3n) is 3.54. The van der Waals surface area contributed by atoms with Crippen molar-refractivity contribution in [1.29, 1.82) is 0 Å². The van der Waals surface area contributed by atoms with Crippen LogP contribution in [0.2, 0.25) is 0 Å². The lowest BCUT2D eigenvalue weighted by molar-refractivity contribution is -0.141. The molecule has 2 rings (SSSR count). The molecule has 0 aromatic carbocycles. The Bertz CT molecular complexity index is 340. The number of carboxylic acids is 1. The van der Waals surface area contributed by atoms with Gasteiger partial charge in [0.25, 0.3) is 0 Å². The van der Waals surface area contributed by atoms with E-state index in [1.165, 1.54) is 4.90 Å². The van der Waals surface area contributed by atoms with Crippen LogP contribution in [-0.4, -0.2) is 75.0 Å². The summed E-state index contributed by atoms with van der Waals surface area (Å²) in [6.45, 7) is 0.923. The third-order valence-corrected chi connectivity index (χ3v) is 3.54. The Hall–Kier alpha value is -1.34. The molecule has 2 atom stereocenters. The predicted molar refractivity (Wildman–Crippen MR) is 61.0 cm³/mol. The van der Waals surface area contributed by atoms with Gasteiger partial charge in [-0.15, -0.1) is 0 Å². The summed E-state index contributed by atoms with van der Waals surface area (Å²) in [7, 11) is 0. The molecular weight excluding hydrogens is 240 g/mol. The molecule has 2 saturated heterocycles. The lowest BCUT2D eigenvalue weighted by Gasteiger charge is -2.34. The van der Waals surface area contributed by atoms with Crippen molar-refractivity contribution in [3.05, 3.63) is 0 Å². The Balaban J connectivity index is 2.01. The number of piperidine rings is 1. The van der Waals surface area contributed by atoms with Crippen LogP contribution in [0.25, 0.3) is 0 Å². The summed E-state index contributed by atoms with van der Waals surface area (Å²) in [4.78, 5) is 26.0. The second kappa shape index (κ2) is 5.11. The van der Waals surface area contributed by atoms with Gasteiger partial charge >= 0.3 is 12.0 Å². The van der Waals surface area contributed by atoms with Crippen LogP contribution in [0.3, 0.4) is 0 Å². The zero-order chi connectivity index (χ0) is 13.3. The average Bonchev–Trinajstić information content (AvgIpc) is 2.71. The van der Waals surface area contributed by atoms with E-state index in [0.29, 0.717) is 25.9 Å². The summed E-state index contributed by atoms with van der Waals surface area (Å²) in [6.07, 6.45) is -0.0454. The number of nitrogens with zero attached hydrogens (tertiary/aromatic N) is 2. The van der Waals surface area contributed by atoms with Gasteiger partial charge in [-0.05, 0) is 12.8 Å². The number of aliphatic hydroxyl groups is 2. The largest absolute Gasteiger partial charge is 0.480 e. The first-order chi connectivity index (χ1) is 8.49. The van der Waals surface area contributed by atoms with Gasteiger partial charge in [-0.25, -0.2) is 9.59 Å². The fourth-order valence-corrected chi connectivity index (χ4v) is 2.50. The number of carbonyl (C=O) groups excluding carboxylic acids is 1. The molecule has 0 bridgehead atoms. The summed E-state index contributed by atoms with van der Waals surface area (Å²) in [5, 5.41) is 27.9. The van der Waals surface area contributed by atoms with Crippen molar-refractivity contribution < 1.29 is 24.9 Å². The molecule has 102 valence electrons. The van der Waals surface area contributed by atoms with Gasteiger partial charge in [-0.3, -0.25) is 0 Å². The molecule has 18 heavy (non-hydrogen) atoms. The van der Waals surface area contributed by atoms with Crippen molar-refractivity contribution in [2.24, 2.45) is 0 Å². The number of urea groups is 1. The van der Waals surface area contributed by atoms with Crippen LogP contribution in [0, 0.1) is 0 Å². The lowest BCUT2D eigenvalue weighted by Crippen LogP contribution is -2.51. The van der Waals surface area contributed by atoms with Crippen molar-refractivity contribution in [1.82, 2.24) is 9.80 Å². The van der Waals surface area contributed by atoms with Gasteiger partial charge in [0.2, 0.25) is 0 Å². The first kappa shape index (κ1) is 13.1. The summed E-state index contributed by atoms with van der Waals surface area (Å²) >= 11 is 0. The fraction of sp³-hybridized carbons (Fsp3) is 0.818. The molecule has 0 spiro atoms. The molecule has 0 aromatic heterocycles. The van der Waals surface area contributed by atoms with E-state index in [0.717, 1.165) is 0 Å². The number of aliphatic carboxylic acids is 1. The number of likely N-dealkylation sites (tertiary alicyclic amines) is 2. The Kier molecular flexibility index (Phi) is 3.72. The van der Waals surface area contributed by atoms with E-state index in [9.17, 15) is 19.8 Å². The Labute approximate surface area is 105 Å². The zero-order valence-corrected chi connectivity index (χ0v) is 10.0. The van der Waals surface area contributed by atoms with Gasteiger partial charge in [0.15, 0.2) is 0 Å². The maximum absolute atomic E-state index is 12.2. The van der Waals surface area contributed by atoms with Crippen LogP contribution in [-0.2, 0) is 4.79 Å². The fourth-order valence-electron chi connectivity index (χ4n) is 2.50. The molecule has 2 fully saturated rings. The van der Waals surface area contributed by atoms with Gasteiger partial charge in [-0.1, -0.05) is 0 Å². The van der Waals surface area contributed by atoms with Crippen LogP contribution in [0.15, 0.2) is 0 Å². The number of carboxylic acid groups (broad SMARTS) is 1. The summed E-state index contributed by atoms with van der Waals surface area (Å²) in [6, 6.07) is -1.30. The molecule has 2 amide bonds. The van der Waals surface area contributed by atoms with Crippen molar-refractivity contribution in [2.75, 3.05) is 19.6 Å². The number of hydrogen-bond donors (Lipinski definition) is 3. The van der Waals surface area contributed by atoms with Crippen LogP contribution < -0.4 is 0 Å². The van der Waals surface area contributed by atoms with Crippen LogP contribution >= 0.6 is 0 Å². The second-order valence-electron chi connectivity index (χ2n) is 4.90. The number of amides is 2. The molecule has 2 heterocycles. The molecule has 0 aromatic rings. The van der Waals surface area contributed by atoms with Crippen molar-refractivity contribution in [3.8, 4) is 0 Å². The first-order valence-electron chi connectivity index (χ1n) is 6.13. The molecule has 0 radical (unpaired) electrons. The maximum Gasteiger partial charge on any atom is 0.326 e. The van der Waals surface area contributed by atoms with Crippen molar-refractivity contribution >= 4 is 12.0 Å². The van der Waals surface area contributed by atoms with E-state index >= 15 is 0 Å². The minimum Gasteiger partial charge on any atom is -0.480 e. The van der Waals surface area contributed by atoms with Gasteiger partial charge in [0.05, 0.1) is 12.2 Å². The van der Waals surface area contributed by atoms with E-state index < -0.39 is 18.1 Å². The highest BCUT2D eigenvalue weighted by Crippen LogP contribution is 2.21. The minimum atomic E-state index is -1.09. The average molecular weight is 258 g/mol. The molecule has 2 aliphatic heterocycles. The highest BCUT2D eigenvalue weighted by molar-refractivity contribution is 5.83. The maximum atomic E-state index is 12.2. The number of rotatable bonds is 1. The smallest absolute Gasteiger partial charge is 0.326 e. The van der Waals surface area contributed by atoms with Gasteiger partial charge in [-0.2, -0.15) is 0 Å². The molecule has 0 saturated carbocycles. The Morgan fingerprint density at radius 2 is 1.67 bits per heavy atom. The van der Waals surface area contributed by atoms with Crippen molar-refractivity contribution in [3.63, 3.8) is 0 Å². The Morgan fingerprint density at radius 3 is 2.22 bits per heavy atom. The predicted octanol–water partition coefficient (Wildman–Crippen LogP) is -0.917.